The third kappa shape index (κ3) is 5.51. The lowest BCUT2D eigenvalue weighted by Gasteiger charge is -2.74. The van der Waals surface area contributed by atoms with Crippen molar-refractivity contribution in [3.05, 3.63) is 0 Å². The molecule has 6 unspecified atom stereocenters. The fourth-order valence-corrected chi connectivity index (χ4v) is 12.5. The summed E-state index contributed by atoms with van der Waals surface area (Å²) in [6, 6.07) is 0. The fraction of sp³-hybridized carbons (Fsp3) is 0.917. The number of fused-ring (bicyclic) bond motifs is 5. The average Bonchev–Trinajstić information content (AvgIpc) is 3.42. The second-order valence-electron chi connectivity index (χ2n) is 16.1. The molecule has 0 aromatic rings. The second kappa shape index (κ2) is 12.9. The van der Waals surface area contributed by atoms with Crippen molar-refractivity contribution in [2.75, 3.05) is 46.4 Å². The summed E-state index contributed by atoms with van der Waals surface area (Å²) in [6.07, 6.45) is 10.3. The van der Waals surface area contributed by atoms with E-state index >= 15 is 0 Å². The molecule has 0 aromatic heterocycles. The van der Waals surface area contributed by atoms with Crippen LogP contribution in [0.5, 0.6) is 0 Å². The minimum absolute atomic E-state index is 0.0190. The van der Waals surface area contributed by atoms with Crippen molar-refractivity contribution < 1.29 is 33.7 Å². The van der Waals surface area contributed by atoms with Gasteiger partial charge in [0.1, 0.15) is 0 Å². The SMILES string of the molecule is COC(=O)CCC1C2CCC3C4CCC[C@@]4(C)CCC3[C@@]2(C)C(N2CCNCC2)(N2CCC[C@@H](O)C2)CC1(OC(C)=O)OC(C)=O. The van der Waals surface area contributed by atoms with E-state index in [-0.39, 0.29) is 29.6 Å². The smallest absolute Gasteiger partial charge is 0.305 e. The molecule has 0 radical (unpaired) electrons. The first-order chi connectivity index (χ1) is 21.9. The molecule has 0 amide bonds. The van der Waals surface area contributed by atoms with Crippen LogP contribution in [0.1, 0.15) is 105 Å². The van der Waals surface area contributed by atoms with Crippen molar-refractivity contribution in [1.82, 2.24) is 15.1 Å². The number of methoxy groups -OCH3 is 1. The molecule has 6 aliphatic rings. The average molecular weight is 646 g/mol. The largest absolute Gasteiger partial charge is 0.469 e. The summed E-state index contributed by atoms with van der Waals surface area (Å²) < 4.78 is 17.9. The maximum Gasteiger partial charge on any atom is 0.305 e. The highest BCUT2D eigenvalue weighted by Crippen LogP contribution is 2.72. The van der Waals surface area contributed by atoms with Crippen LogP contribution in [-0.4, -0.2) is 96.7 Å². The molecular weight excluding hydrogens is 586 g/mol. The Morgan fingerprint density at radius 1 is 0.848 bits per heavy atom. The topological polar surface area (TPSA) is 118 Å². The number of nitrogens with zero attached hydrogens (tertiary/aromatic N) is 2. The van der Waals surface area contributed by atoms with Crippen LogP contribution in [0.2, 0.25) is 0 Å². The number of likely N-dealkylation sites (tertiary alicyclic amines) is 1. The van der Waals surface area contributed by atoms with Gasteiger partial charge in [0.25, 0.3) is 5.79 Å². The zero-order valence-corrected chi connectivity index (χ0v) is 29.0. The molecule has 2 N–H and O–H groups in total. The Labute approximate surface area is 275 Å². The molecule has 9 atom stereocenters. The van der Waals surface area contributed by atoms with E-state index in [0.717, 1.165) is 64.8 Å². The van der Waals surface area contributed by atoms with Gasteiger partial charge >= 0.3 is 17.9 Å². The lowest BCUT2D eigenvalue weighted by molar-refractivity contribution is -0.353. The zero-order chi connectivity index (χ0) is 32.9. The van der Waals surface area contributed by atoms with E-state index in [9.17, 15) is 19.5 Å². The molecule has 0 spiro atoms. The number of aliphatic hydroxyl groups excluding tert-OH is 1. The standard InChI is InChI=1S/C36H59N3O7/c1-24(40)45-35(46-25(2)41)23-36(38-20-17-37-18-21-38,39-19-7-8-26(42)22-39)34(4)29-14-16-33(3)15-6-9-28(33)27(29)10-11-30(34)31(35)12-13-32(43)44-5/h26-31,37,42H,6-23H2,1-5H3/t26-,27?,28?,29?,30?,31?,33+,34-,36?/m1/s1. The van der Waals surface area contributed by atoms with Gasteiger partial charge in [0.2, 0.25) is 0 Å². The van der Waals surface area contributed by atoms with E-state index in [1.165, 1.54) is 46.6 Å². The number of hydrogen-bond acceptors (Lipinski definition) is 10. The molecule has 46 heavy (non-hydrogen) atoms. The van der Waals surface area contributed by atoms with Gasteiger partial charge in [-0.1, -0.05) is 20.3 Å². The molecule has 4 aliphatic carbocycles. The Kier molecular flexibility index (Phi) is 9.60. The minimum Gasteiger partial charge on any atom is -0.469 e. The molecule has 10 heteroatoms. The van der Waals surface area contributed by atoms with Crippen LogP contribution in [0.4, 0.5) is 0 Å². The second-order valence-corrected chi connectivity index (χ2v) is 16.1. The zero-order valence-electron chi connectivity index (χ0n) is 29.0. The van der Waals surface area contributed by atoms with Crippen LogP contribution in [-0.2, 0) is 28.6 Å². The number of nitrogens with one attached hydrogen (secondary N) is 1. The normalized spacial score (nSPS) is 42.7. The van der Waals surface area contributed by atoms with E-state index < -0.39 is 29.5 Å². The van der Waals surface area contributed by atoms with Gasteiger partial charge in [0, 0.05) is 70.9 Å². The molecule has 6 rings (SSSR count). The van der Waals surface area contributed by atoms with Crippen LogP contribution in [0.15, 0.2) is 0 Å². The monoisotopic (exact) mass is 645 g/mol. The maximum absolute atomic E-state index is 13.1. The van der Waals surface area contributed by atoms with Gasteiger partial charge in [-0.05, 0) is 86.9 Å². The summed E-state index contributed by atoms with van der Waals surface area (Å²) in [5, 5.41) is 14.8. The molecule has 0 aromatic carbocycles. The predicted octanol–water partition coefficient (Wildman–Crippen LogP) is 4.09. The number of piperidine rings is 1. The lowest BCUT2D eigenvalue weighted by Crippen LogP contribution is -2.82. The maximum atomic E-state index is 13.1. The van der Waals surface area contributed by atoms with Gasteiger partial charge in [-0.15, -0.1) is 0 Å². The van der Waals surface area contributed by atoms with Crippen molar-refractivity contribution in [3.8, 4) is 0 Å². The van der Waals surface area contributed by atoms with Crippen LogP contribution >= 0.6 is 0 Å². The summed E-state index contributed by atoms with van der Waals surface area (Å²) in [6.45, 7) is 12.5. The van der Waals surface area contributed by atoms with Gasteiger partial charge in [0.05, 0.1) is 25.3 Å². The fourth-order valence-electron chi connectivity index (χ4n) is 12.5. The predicted molar refractivity (Wildman–Crippen MR) is 172 cm³/mol. The van der Waals surface area contributed by atoms with Crippen LogP contribution < -0.4 is 5.32 Å². The first-order valence-electron chi connectivity index (χ1n) is 18.2. The molecule has 2 saturated heterocycles. The number of hydrogen-bond donors (Lipinski definition) is 2. The highest BCUT2D eigenvalue weighted by molar-refractivity contribution is 5.70. The van der Waals surface area contributed by atoms with Crippen molar-refractivity contribution in [3.63, 3.8) is 0 Å². The van der Waals surface area contributed by atoms with Gasteiger partial charge in [-0.25, -0.2) is 0 Å². The molecule has 260 valence electrons. The van der Waals surface area contributed by atoms with Crippen molar-refractivity contribution in [2.45, 2.75) is 122 Å². The summed E-state index contributed by atoms with van der Waals surface area (Å²) >= 11 is 0. The van der Waals surface area contributed by atoms with Gasteiger partial charge in [-0.2, -0.15) is 0 Å². The molecular formula is C36H59N3O7. The Morgan fingerprint density at radius 2 is 1.57 bits per heavy atom. The highest BCUT2D eigenvalue weighted by Gasteiger charge is 2.75. The van der Waals surface area contributed by atoms with Crippen LogP contribution in [0.25, 0.3) is 0 Å². The Balaban J connectivity index is 1.58. The minimum atomic E-state index is -1.55. The van der Waals surface area contributed by atoms with Crippen molar-refractivity contribution in [2.24, 2.45) is 40.4 Å². The van der Waals surface area contributed by atoms with Crippen LogP contribution in [0, 0.1) is 40.4 Å². The van der Waals surface area contributed by atoms with Crippen LogP contribution in [0.3, 0.4) is 0 Å². The number of β-amino-alcohol motifs (C(OH)–C–C–N with tert-alkyl or cyclic N) is 1. The number of carbonyl (C=O) groups excluding carboxylic acids is 3. The first-order valence-corrected chi connectivity index (χ1v) is 18.2. The van der Waals surface area contributed by atoms with Gasteiger partial charge in [-0.3, -0.25) is 24.2 Å². The van der Waals surface area contributed by atoms with Gasteiger partial charge < -0.3 is 24.6 Å². The molecule has 6 fully saturated rings. The Bertz CT molecular complexity index is 1140. The third-order valence-electron chi connectivity index (χ3n) is 14.1. The summed E-state index contributed by atoms with van der Waals surface area (Å²) in [4.78, 5) is 44.1. The number of rotatable bonds is 7. The Morgan fingerprint density at radius 3 is 2.22 bits per heavy atom. The summed E-state index contributed by atoms with van der Waals surface area (Å²) in [5.74, 6) is -1.49. The van der Waals surface area contributed by atoms with E-state index in [4.69, 9.17) is 14.2 Å². The molecule has 2 aliphatic heterocycles. The molecule has 10 nitrogen and oxygen atoms in total. The van der Waals surface area contributed by atoms with E-state index in [0.29, 0.717) is 42.6 Å². The van der Waals surface area contributed by atoms with Crippen molar-refractivity contribution >= 4 is 17.9 Å². The first kappa shape index (κ1) is 34.1. The van der Waals surface area contributed by atoms with E-state index in [1.807, 2.05) is 0 Å². The number of piperazine rings is 1. The summed E-state index contributed by atoms with van der Waals surface area (Å²) in [7, 11) is 1.40. The highest BCUT2D eigenvalue weighted by atomic mass is 16.7. The number of esters is 3. The number of aliphatic hydroxyl groups is 1. The van der Waals surface area contributed by atoms with E-state index in [2.05, 4.69) is 29.0 Å². The van der Waals surface area contributed by atoms with Crippen molar-refractivity contribution in [1.29, 1.82) is 0 Å². The quantitative estimate of drug-likeness (QED) is 0.310. The van der Waals surface area contributed by atoms with Gasteiger partial charge in [0.15, 0.2) is 0 Å². The third-order valence-corrected chi connectivity index (χ3v) is 14.1. The van der Waals surface area contributed by atoms with E-state index in [1.54, 1.807) is 0 Å². The number of ether oxygens (including phenoxy) is 3. The molecule has 2 heterocycles. The molecule has 4 saturated carbocycles. The number of carbonyl (C=O) groups is 3. The summed E-state index contributed by atoms with van der Waals surface area (Å²) in [5.41, 5.74) is -0.524. The molecule has 0 bridgehead atoms. The lowest BCUT2D eigenvalue weighted by atomic mass is 9.39. The Hall–Kier alpha value is -1.75.